The number of nitrogens with zero attached hydrogens (tertiary/aromatic N) is 1. The Morgan fingerprint density at radius 2 is 1.87 bits per heavy atom. The zero-order valence-electron chi connectivity index (χ0n) is 12.9. The summed E-state index contributed by atoms with van der Waals surface area (Å²) in [4.78, 5) is 14.1. The Bertz CT molecular complexity index is 713. The standard InChI is InChI=1S/C17H17NO5/c1-18(12-5-8-14-15(9-12)23-10-22-14)16(17(20)21-2)11-3-6-13(19)7-4-11/h3-9,16,19H,10H2,1-2H3. The molecule has 2 aromatic carbocycles. The highest BCUT2D eigenvalue weighted by molar-refractivity contribution is 5.82. The summed E-state index contributed by atoms with van der Waals surface area (Å²) in [6.45, 7) is 0.195. The molecule has 0 radical (unpaired) electrons. The minimum Gasteiger partial charge on any atom is -0.508 e. The van der Waals surface area contributed by atoms with Gasteiger partial charge in [-0.3, -0.25) is 0 Å². The highest BCUT2D eigenvalue weighted by Crippen LogP contribution is 2.37. The van der Waals surface area contributed by atoms with Crippen LogP contribution in [-0.4, -0.2) is 32.0 Å². The zero-order chi connectivity index (χ0) is 16.4. The molecule has 6 heteroatoms. The van der Waals surface area contributed by atoms with E-state index in [0.29, 0.717) is 11.5 Å². The molecule has 23 heavy (non-hydrogen) atoms. The molecule has 0 aliphatic carbocycles. The van der Waals surface area contributed by atoms with Gasteiger partial charge in [0.1, 0.15) is 5.75 Å². The maximum atomic E-state index is 12.3. The molecule has 0 spiro atoms. The van der Waals surface area contributed by atoms with Crippen molar-refractivity contribution >= 4 is 11.7 Å². The van der Waals surface area contributed by atoms with E-state index in [1.54, 1.807) is 42.3 Å². The number of esters is 1. The molecule has 0 saturated carbocycles. The third kappa shape index (κ3) is 2.88. The van der Waals surface area contributed by atoms with Gasteiger partial charge in [-0.25, -0.2) is 4.79 Å². The summed E-state index contributed by atoms with van der Waals surface area (Å²) in [7, 11) is 3.15. The smallest absolute Gasteiger partial charge is 0.333 e. The largest absolute Gasteiger partial charge is 0.508 e. The van der Waals surface area contributed by atoms with E-state index >= 15 is 0 Å². The second-order valence-corrected chi connectivity index (χ2v) is 5.17. The van der Waals surface area contributed by atoms with Gasteiger partial charge < -0.3 is 24.2 Å². The van der Waals surface area contributed by atoms with Crippen molar-refractivity contribution in [2.24, 2.45) is 0 Å². The van der Waals surface area contributed by atoms with Gasteiger partial charge in [0.25, 0.3) is 0 Å². The van der Waals surface area contributed by atoms with E-state index in [0.717, 1.165) is 11.3 Å². The molecular weight excluding hydrogens is 298 g/mol. The van der Waals surface area contributed by atoms with E-state index in [1.807, 2.05) is 12.1 Å². The Hall–Kier alpha value is -2.89. The van der Waals surface area contributed by atoms with Crippen molar-refractivity contribution < 1.29 is 24.1 Å². The van der Waals surface area contributed by atoms with Gasteiger partial charge in [0, 0.05) is 18.8 Å². The molecular formula is C17H17NO5. The first kappa shape index (κ1) is 15.0. The number of carbonyl (C=O) groups is 1. The normalized spacial score (nSPS) is 13.5. The Morgan fingerprint density at radius 3 is 2.57 bits per heavy atom. The topological polar surface area (TPSA) is 68.2 Å². The van der Waals surface area contributed by atoms with Gasteiger partial charge in [0.15, 0.2) is 17.5 Å². The summed E-state index contributed by atoms with van der Waals surface area (Å²) >= 11 is 0. The van der Waals surface area contributed by atoms with Crippen molar-refractivity contribution in [3.8, 4) is 17.2 Å². The number of hydrogen-bond acceptors (Lipinski definition) is 6. The van der Waals surface area contributed by atoms with Crippen LogP contribution in [-0.2, 0) is 9.53 Å². The highest BCUT2D eigenvalue weighted by Gasteiger charge is 2.27. The monoisotopic (exact) mass is 315 g/mol. The first-order valence-corrected chi connectivity index (χ1v) is 7.09. The van der Waals surface area contributed by atoms with Crippen LogP contribution in [0.15, 0.2) is 42.5 Å². The third-order valence-corrected chi connectivity index (χ3v) is 3.78. The van der Waals surface area contributed by atoms with Crippen LogP contribution >= 0.6 is 0 Å². The minimum absolute atomic E-state index is 0.142. The predicted octanol–water partition coefficient (Wildman–Crippen LogP) is 2.47. The summed E-state index contributed by atoms with van der Waals surface area (Å²) in [5.74, 6) is 1.07. The molecule has 0 saturated heterocycles. The average Bonchev–Trinajstić information content (AvgIpc) is 3.04. The fraction of sp³-hybridized carbons (Fsp3) is 0.235. The number of methoxy groups -OCH3 is 1. The number of carbonyl (C=O) groups excluding carboxylic acids is 1. The fourth-order valence-electron chi connectivity index (χ4n) is 2.54. The molecule has 0 amide bonds. The van der Waals surface area contributed by atoms with E-state index in [-0.39, 0.29) is 12.5 Å². The number of benzene rings is 2. The van der Waals surface area contributed by atoms with Crippen LogP contribution in [0.5, 0.6) is 17.2 Å². The van der Waals surface area contributed by atoms with Crippen LogP contribution < -0.4 is 14.4 Å². The number of anilines is 1. The van der Waals surface area contributed by atoms with Gasteiger partial charge in [-0.1, -0.05) is 12.1 Å². The first-order valence-electron chi connectivity index (χ1n) is 7.09. The minimum atomic E-state index is -0.638. The van der Waals surface area contributed by atoms with E-state index in [4.69, 9.17) is 14.2 Å². The second kappa shape index (κ2) is 6.08. The molecule has 0 fully saturated rings. The molecule has 1 atom stereocenters. The van der Waals surface area contributed by atoms with Crippen LogP contribution in [0.3, 0.4) is 0 Å². The number of aromatic hydroxyl groups is 1. The van der Waals surface area contributed by atoms with Gasteiger partial charge in [0.2, 0.25) is 6.79 Å². The van der Waals surface area contributed by atoms with Crippen molar-refractivity contribution in [3.05, 3.63) is 48.0 Å². The maximum absolute atomic E-state index is 12.3. The first-order chi connectivity index (χ1) is 11.1. The number of ether oxygens (including phenoxy) is 3. The van der Waals surface area contributed by atoms with Crippen LogP contribution in [0.25, 0.3) is 0 Å². The SMILES string of the molecule is COC(=O)C(c1ccc(O)cc1)N(C)c1ccc2c(c1)OCO2. The number of fused-ring (bicyclic) bond motifs is 1. The zero-order valence-corrected chi connectivity index (χ0v) is 12.9. The number of rotatable bonds is 4. The average molecular weight is 315 g/mol. The molecule has 0 aromatic heterocycles. The van der Waals surface area contributed by atoms with Crippen molar-refractivity contribution in [2.45, 2.75) is 6.04 Å². The molecule has 1 aliphatic heterocycles. The molecule has 2 aromatic rings. The number of likely N-dealkylation sites (N-methyl/N-ethyl adjacent to an activating group) is 1. The molecule has 1 unspecified atom stereocenters. The third-order valence-electron chi connectivity index (χ3n) is 3.78. The summed E-state index contributed by atoms with van der Waals surface area (Å²) in [6, 6.07) is 11.3. The van der Waals surface area contributed by atoms with Gasteiger partial charge in [-0.2, -0.15) is 0 Å². The molecule has 0 bridgehead atoms. The number of phenolic OH excluding ortho intramolecular Hbond substituents is 1. The van der Waals surface area contributed by atoms with Crippen LogP contribution in [0.1, 0.15) is 11.6 Å². The van der Waals surface area contributed by atoms with Crippen molar-refractivity contribution in [2.75, 3.05) is 25.9 Å². The molecule has 1 N–H and O–H groups in total. The van der Waals surface area contributed by atoms with Crippen LogP contribution in [0.4, 0.5) is 5.69 Å². The Balaban J connectivity index is 1.95. The highest BCUT2D eigenvalue weighted by atomic mass is 16.7. The van der Waals surface area contributed by atoms with E-state index in [1.165, 1.54) is 7.11 Å². The Kier molecular flexibility index (Phi) is 3.97. The molecule has 1 aliphatic rings. The van der Waals surface area contributed by atoms with Crippen molar-refractivity contribution in [3.63, 3.8) is 0 Å². The van der Waals surface area contributed by atoms with E-state index in [9.17, 15) is 9.90 Å². The summed E-state index contributed by atoms with van der Waals surface area (Å²) in [5, 5.41) is 9.44. The van der Waals surface area contributed by atoms with E-state index in [2.05, 4.69) is 0 Å². The van der Waals surface area contributed by atoms with Crippen molar-refractivity contribution in [1.29, 1.82) is 0 Å². The Labute approximate surface area is 133 Å². The van der Waals surface area contributed by atoms with Crippen molar-refractivity contribution in [1.82, 2.24) is 0 Å². The van der Waals surface area contributed by atoms with Gasteiger partial charge in [-0.15, -0.1) is 0 Å². The fourth-order valence-corrected chi connectivity index (χ4v) is 2.54. The summed E-state index contributed by atoms with van der Waals surface area (Å²) in [5.41, 5.74) is 1.51. The second-order valence-electron chi connectivity index (χ2n) is 5.17. The lowest BCUT2D eigenvalue weighted by molar-refractivity contribution is -0.142. The molecule has 3 rings (SSSR count). The lowest BCUT2D eigenvalue weighted by atomic mass is 10.0. The summed E-state index contributed by atoms with van der Waals surface area (Å²) in [6.07, 6.45) is 0. The number of phenols is 1. The van der Waals surface area contributed by atoms with Crippen LogP contribution in [0, 0.1) is 0 Å². The quantitative estimate of drug-likeness (QED) is 0.874. The molecule has 1 heterocycles. The van der Waals surface area contributed by atoms with Gasteiger partial charge in [0.05, 0.1) is 7.11 Å². The lowest BCUT2D eigenvalue weighted by Crippen LogP contribution is -2.31. The van der Waals surface area contributed by atoms with Gasteiger partial charge in [-0.05, 0) is 29.8 Å². The predicted molar refractivity (Wildman–Crippen MR) is 83.8 cm³/mol. The lowest BCUT2D eigenvalue weighted by Gasteiger charge is -2.28. The summed E-state index contributed by atoms with van der Waals surface area (Å²) < 4.78 is 15.6. The van der Waals surface area contributed by atoms with Gasteiger partial charge >= 0.3 is 5.97 Å². The maximum Gasteiger partial charge on any atom is 0.333 e. The van der Waals surface area contributed by atoms with Crippen LogP contribution in [0.2, 0.25) is 0 Å². The molecule has 120 valence electrons. The molecule has 6 nitrogen and oxygen atoms in total. The van der Waals surface area contributed by atoms with E-state index < -0.39 is 12.0 Å². The Morgan fingerprint density at radius 1 is 1.17 bits per heavy atom. The number of hydrogen-bond donors (Lipinski definition) is 1.